The molecule has 5 rings (SSSR count). The second-order valence-electron chi connectivity index (χ2n) is 8.53. The van der Waals surface area contributed by atoms with Gasteiger partial charge in [-0.05, 0) is 43.7 Å². The minimum atomic E-state index is -4.75. The Morgan fingerprint density at radius 1 is 1.00 bits per heavy atom. The van der Waals surface area contributed by atoms with Crippen molar-refractivity contribution in [1.82, 2.24) is 24.7 Å². The molecule has 0 saturated heterocycles. The molecule has 0 fully saturated rings. The maximum atomic E-state index is 14.1. The standard InChI is InChI=1S/C26H18F5N5O2/c1-12-14(26(29,30)31)11-33-25(38-20-5-4-15(27)23(28)13(20)2)21(12)17-10-19(37)22-16(35-17)6-8-32-24(22)18-7-9-34-36(18)3/h4-11H,1-3H3,(H,35,37). The van der Waals surface area contributed by atoms with Gasteiger partial charge in [0.05, 0.1) is 33.4 Å². The normalized spacial score (nSPS) is 11.8. The Hall–Kier alpha value is -4.61. The summed E-state index contributed by atoms with van der Waals surface area (Å²) in [5.74, 6) is -2.76. The topological polar surface area (TPSA) is 85.7 Å². The van der Waals surface area contributed by atoms with Gasteiger partial charge in [0.2, 0.25) is 5.88 Å². The predicted octanol–water partition coefficient (Wildman–Crippen LogP) is 6.09. The highest BCUT2D eigenvalue weighted by Gasteiger charge is 2.35. The van der Waals surface area contributed by atoms with Gasteiger partial charge in [0.15, 0.2) is 17.1 Å². The van der Waals surface area contributed by atoms with E-state index in [1.807, 2.05) is 0 Å². The molecule has 4 heterocycles. The van der Waals surface area contributed by atoms with Crippen LogP contribution in [0.4, 0.5) is 22.0 Å². The molecule has 0 amide bonds. The Labute approximate surface area is 211 Å². The number of rotatable bonds is 4. The van der Waals surface area contributed by atoms with E-state index >= 15 is 0 Å². The quantitative estimate of drug-likeness (QED) is 0.286. The number of nitrogens with zero attached hydrogens (tertiary/aromatic N) is 4. The molecular weight excluding hydrogens is 509 g/mol. The van der Waals surface area contributed by atoms with Gasteiger partial charge in [-0.15, -0.1) is 0 Å². The number of nitrogens with one attached hydrogen (secondary N) is 1. The smallest absolute Gasteiger partial charge is 0.418 e. The van der Waals surface area contributed by atoms with Crippen molar-refractivity contribution in [2.45, 2.75) is 20.0 Å². The van der Waals surface area contributed by atoms with Crippen LogP contribution < -0.4 is 10.2 Å². The number of benzene rings is 1. The van der Waals surface area contributed by atoms with Crippen molar-refractivity contribution in [1.29, 1.82) is 0 Å². The monoisotopic (exact) mass is 527 g/mol. The number of alkyl halides is 3. The zero-order valence-electron chi connectivity index (χ0n) is 20.1. The van der Waals surface area contributed by atoms with Crippen LogP contribution in [0.3, 0.4) is 0 Å². The molecule has 12 heteroatoms. The van der Waals surface area contributed by atoms with Crippen molar-refractivity contribution in [2.75, 3.05) is 0 Å². The van der Waals surface area contributed by atoms with Crippen molar-refractivity contribution in [3.05, 3.63) is 87.5 Å². The lowest BCUT2D eigenvalue weighted by molar-refractivity contribution is -0.138. The SMILES string of the molecule is Cc1c(Oc2ncc(C(F)(F)F)c(C)c2-c2cc(=O)c3c(-c4ccnn4C)nccc3[nH]2)ccc(F)c1F. The first-order valence-electron chi connectivity index (χ1n) is 11.2. The molecule has 0 saturated carbocycles. The van der Waals surface area contributed by atoms with E-state index in [4.69, 9.17) is 4.74 Å². The van der Waals surface area contributed by atoms with Crippen molar-refractivity contribution in [3.8, 4) is 34.3 Å². The molecule has 1 aromatic carbocycles. The average Bonchev–Trinajstić information content (AvgIpc) is 3.28. The number of aromatic amines is 1. The highest BCUT2D eigenvalue weighted by atomic mass is 19.4. The molecule has 0 unspecified atom stereocenters. The fourth-order valence-electron chi connectivity index (χ4n) is 4.24. The summed E-state index contributed by atoms with van der Waals surface area (Å²) in [5, 5.41) is 4.30. The third-order valence-electron chi connectivity index (χ3n) is 6.18. The van der Waals surface area contributed by atoms with Gasteiger partial charge in [-0.1, -0.05) is 0 Å². The molecule has 4 aromatic heterocycles. The van der Waals surface area contributed by atoms with Crippen molar-refractivity contribution in [3.63, 3.8) is 0 Å². The van der Waals surface area contributed by atoms with Crippen LogP contribution in [0.25, 0.3) is 33.5 Å². The molecule has 0 aliphatic carbocycles. The lowest BCUT2D eigenvalue weighted by Crippen LogP contribution is -2.12. The first-order valence-corrected chi connectivity index (χ1v) is 11.2. The zero-order valence-corrected chi connectivity index (χ0v) is 20.1. The summed E-state index contributed by atoms with van der Waals surface area (Å²) in [6, 6.07) is 6.28. The van der Waals surface area contributed by atoms with Gasteiger partial charge in [-0.25, -0.2) is 13.8 Å². The van der Waals surface area contributed by atoms with Crippen LogP contribution in [0.1, 0.15) is 16.7 Å². The van der Waals surface area contributed by atoms with Gasteiger partial charge in [-0.3, -0.25) is 14.5 Å². The van der Waals surface area contributed by atoms with Crippen molar-refractivity contribution >= 4 is 10.9 Å². The van der Waals surface area contributed by atoms with Gasteiger partial charge in [0.1, 0.15) is 11.4 Å². The molecule has 0 atom stereocenters. The van der Waals surface area contributed by atoms with Crippen LogP contribution in [0.2, 0.25) is 0 Å². The fraction of sp³-hybridized carbons (Fsp3) is 0.154. The average molecular weight is 527 g/mol. The van der Waals surface area contributed by atoms with Crippen LogP contribution in [0, 0.1) is 25.5 Å². The van der Waals surface area contributed by atoms with E-state index in [0.717, 1.165) is 18.2 Å². The number of hydrogen-bond acceptors (Lipinski definition) is 5. The minimum absolute atomic E-state index is 0.0176. The Balaban J connectivity index is 1.75. The van der Waals surface area contributed by atoms with Crippen LogP contribution >= 0.6 is 0 Å². The molecule has 0 bridgehead atoms. The minimum Gasteiger partial charge on any atom is -0.438 e. The fourth-order valence-corrected chi connectivity index (χ4v) is 4.24. The molecule has 0 aliphatic heterocycles. The number of aromatic nitrogens is 5. The summed E-state index contributed by atoms with van der Waals surface area (Å²) >= 11 is 0. The predicted molar refractivity (Wildman–Crippen MR) is 129 cm³/mol. The van der Waals surface area contributed by atoms with Crippen LogP contribution in [-0.4, -0.2) is 24.7 Å². The van der Waals surface area contributed by atoms with Gasteiger partial charge in [0, 0.05) is 37.3 Å². The first-order chi connectivity index (χ1) is 18.0. The Morgan fingerprint density at radius 3 is 2.45 bits per heavy atom. The molecule has 0 spiro atoms. The van der Waals surface area contributed by atoms with Crippen LogP contribution in [0.5, 0.6) is 11.6 Å². The summed E-state index contributed by atoms with van der Waals surface area (Å²) < 4.78 is 76.3. The molecule has 1 N–H and O–H groups in total. The van der Waals surface area contributed by atoms with E-state index in [2.05, 4.69) is 20.1 Å². The van der Waals surface area contributed by atoms with Crippen molar-refractivity contribution in [2.24, 2.45) is 7.05 Å². The van der Waals surface area contributed by atoms with Crippen molar-refractivity contribution < 1.29 is 26.7 Å². The summed E-state index contributed by atoms with van der Waals surface area (Å²) in [5.41, 5.74) is -1.04. The van der Waals surface area contributed by atoms with E-state index < -0.39 is 28.8 Å². The molecular formula is C26H18F5N5O2. The maximum absolute atomic E-state index is 14.1. The Morgan fingerprint density at radius 2 is 1.76 bits per heavy atom. The number of H-pyrrole nitrogens is 1. The Kier molecular flexibility index (Phi) is 5.97. The van der Waals surface area contributed by atoms with E-state index in [1.54, 1.807) is 19.3 Å². The number of ether oxygens (including phenoxy) is 1. The second-order valence-corrected chi connectivity index (χ2v) is 8.53. The van der Waals surface area contributed by atoms with Crippen LogP contribution in [-0.2, 0) is 13.2 Å². The molecule has 194 valence electrons. The van der Waals surface area contributed by atoms with Gasteiger partial charge < -0.3 is 9.72 Å². The lowest BCUT2D eigenvalue weighted by Gasteiger charge is -2.18. The second kappa shape index (κ2) is 9.05. The van der Waals surface area contributed by atoms with Gasteiger partial charge >= 0.3 is 6.18 Å². The highest BCUT2D eigenvalue weighted by Crippen LogP contribution is 2.41. The van der Waals surface area contributed by atoms with E-state index in [-0.39, 0.29) is 39.4 Å². The largest absolute Gasteiger partial charge is 0.438 e. The molecule has 38 heavy (non-hydrogen) atoms. The summed E-state index contributed by atoms with van der Waals surface area (Å²) in [6.07, 6.45) is -1.17. The molecule has 7 nitrogen and oxygen atoms in total. The number of aryl methyl sites for hydroxylation is 1. The summed E-state index contributed by atoms with van der Waals surface area (Å²) in [4.78, 5) is 24.5. The molecule has 5 aromatic rings. The third-order valence-corrected chi connectivity index (χ3v) is 6.18. The highest BCUT2D eigenvalue weighted by molar-refractivity contribution is 5.93. The number of hydrogen-bond donors (Lipinski definition) is 1. The van der Waals surface area contributed by atoms with E-state index in [1.165, 1.54) is 30.8 Å². The first kappa shape index (κ1) is 25.1. The van der Waals surface area contributed by atoms with Gasteiger partial charge in [-0.2, -0.15) is 18.3 Å². The van der Waals surface area contributed by atoms with E-state index in [9.17, 15) is 26.7 Å². The number of fused-ring (bicyclic) bond motifs is 1. The van der Waals surface area contributed by atoms with Gasteiger partial charge in [0.25, 0.3) is 0 Å². The third kappa shape index (κ3) is 4.17. The maximum Gasteiger partial charge on any atom is 0.418 e. The summed E-state index contributed by atoms with van der Waals surface area (Å²) in [7, 11) is 1.68. The number of halogens is 5. The van der Waals surface area contributed by atoms with Crippen LogP contribution in [0.15, 0.2) is 53.7 Å². The molecule has 0 radical (unpaired) electrons. The lowest BCUT2D eigenvalue weighted by atomic mass is 10.0. The molecule has 0 aliphatic rings. The Bertz CT molecular complexity index is 1780. The zero-order chi connectivity index (χ0) is 27.4. The number of pyridine rings is 3. The van der Waals surface area contributed by atoms with E-state index in [0.29, 0.717) is 23.1 Å². The summed E-state index contributed by atoms with van der Waals surface area (Å²) in [6.45, 7) is 2.47.